The van der Waals surface area contributed by atoms with Gasteiger partial charge >= 0.3 is 5.97 Å². The average molecular weight is 410 g/mol. The van der Waals surface area contributed by atoms with Crippen molar-refractivity contribution in [3.63, 3.8) is 0 Å². The predicted molar refractivity (Wildman–Crippen MR) is 112 cm³/mol. The van der Waals surface area contributed by atoms with Gasteiger partial charge in [-0.1, -0.05) is 18.2 Å². The molecule has 150 valence electrons. The first-order valence-corrected chi connectivity index (χ1v) is 10.4. The standard InChI is InChI=1S/C21H22N4O3S/c1-13(2)25-9-7-17-15(11-25)19(14-5-3-4-6-16(14)23-17)20(27)28-12-18(26)24-21-22-8-10-29-21/h3-6,8,10,13H,7,9,11-12H2,1-2H3,(H,22,24,26). The number of thiazole rings is 1. The van der Waals surface area contributed by atoms with E-state index in [2.05, 4.69) is 29.0 Å². The molecule has 1 amide bonds. The molecule has 29 heavy (non-hydrogen) atoms. The molecule has 0 aliphatic carbocycles. The number of fused-ring (bicyclic) bond motifs is 2. The van der Waals surface area contributed by atoms with Crippen LogP contribution in [0.1, 0.15) is 35.5 Å². The number of carbonyl (C=O) groups is 2. The Bertz CT molecular complexity index is 1050. The number of hydrogen-bond acceptors (Lipinski definition) is 7. The Morgan fingerprint density at radius 3 is 2.90 bits per heavy atom. The third-order valence-corrected chi connectivity index (χ3v) is 5.71. The molecule has 0 spiro atoms. The molecule has 0 saturated carbocycles. The summed E-state index contributed by atoms with van der Waals surface area (Å²) in [4.78, 5) is 36.2. The molecule has 1 aromatic carbocycles. The minimum atomic E-state index is -0.500. The number of hydrogen-bond donors (Lipinski definition) is 1. The molecular formula is C21H22N4O3S. The van der Waals surface area contributed by atoms with Crippen LogP contribution in [0.4, 0.5) is 5.13 Å². The number of esters is 1. The number of pyridine rings is 1. The van der Waals surface area contributed by atoms with Gasteiger partial charge in [0.2, 0.25) is 0 Å². The van der Waals surface area contributed by atoms with Crippen molar-refractivity contribution in [1.82, 2.24) is 14.9 Å². The second kappa shape index (κ2) is 8.26. The van der Waals surface area contributed by atoms with Crippen molar-refractivity contribution in [2.45, 2.75) is 32.9 Å². The van der Waals surface area contributed by atoms with Crippen molar-refractivity contribution in [2.75, 3.05) is 18.5 Å². The van der Waals surface area contributed by atoms with Crippen LogP contribution in [-0.2, 0) is 22.5 Å². The lowest BCUT2D eigenvalue weighted by Gasteiger charge is -2.32. The van der Waals surface area contributed by atoms with E-state index in [0.29, 0.717) is 23.3 Å². The molecule has 3 aromatic rings. The van der Waals surface area contributed by atoms with Crippen molar-refractivity contribution in [2.24, 2.45) is 0 Å². The van der Waals surface area contributed by atoms with E-state index >= 15 is 0 Å². The lowest BCUT2D eigenvalue weighted by Crippen LogP contribution is -2.37. The van der Waals surface area contributed by atoms with Crippen molar-refractivity contribution in [1.29, 1.82) is 0 Å². The summed E-state index contributed by atoms with van der Waals surface area (Å²) >= 11 is 1.31. The van der Waals surface area contributed by atoms with Gasteiger partial charge in [-0.3, -0.25) is 20.0 Å². The summed E-state index contributed by atoms with van der Waals surface area (Å²) < 4.78 is 5.39. The highest BCUT2D eigenvalue weighted by molar-refractivity contribution is 7.13. The summed E-state index contributed by atoms with van der Waals surface area (Å²) in [6.07, 6.45) is 2.38. The molecule has 7 nitrogen and oxygen atoms in total. The predicted octanol–water partition coefficient (Wildman–Crippen LogP) is 3.25. The van der Waals surface area contributed by atoms with Crippen LogP contribution in [0.5, 0.6) is 0 Å². The van der Waals surface area contributed by atoms with Crippen LogP contribution in [0.2, 0.25) is 0 Å². The number of benzene rings is 1. The van der Waals surface area contributed by atoms with Crippen molar-refractivity contribution in [3.05, 3.63) is 52.7 Å². The number of nitrogens with one attached hydrogen (secondary N) is 1. The number of carbonyl (C=O) groups excluding carboxylic acids is 2. The van der Waals surface area contributed by atoms with Crippen molar-refractivity contribution >= 4 is 39.2 Å². The summed E-state index contributed by atoms with van der Waals surface area (Å²) in [6.45, 7) is 5.46. The number of rotatable bonds is 5. The summed E-state index contributed by atoms with van der Waals surface area (Å²) in [7, 11) is 0. The minimum Gasteiger partial charge on any atom is -0.452 e. The zero-order valence-corrected chi connectivity index (χ0v) is 17.2. The Morgan fingerprint density at radius 1 is 1.31 bits per heavy atom. The van der Waals surface area contributed by atoms with E-state index < -0.39 is 11.9 Å². The number of nitrogens with zero attached hydrogens (tertiary/aromatic N) is 3. The molecule has 0 unspecified atom stereocenters. The Balaban J connectivity index is 1.62. The maximum Gasteiger partial charge on any atom is 0.339 e. The number of anilines is 1. The zero-order valence-electron chi connectivity index (χ0n) is 16.3. The van der Waals surface area contributed by atoms with Crippen LogP contribution in [0.15, 0.2) is 35.8 Å². The number of para-hydroxylation sites is 1. The van der Waals surface area contributed by atoms with Gasteiger partial charge in [0.15, 0.2) is 11.7 Å². The fourth-order valence-electron chi connectivity index (χ4n) is 3.53. The lowest BCUT2D eigenvalue weighted by atomic mass is 9.95. The Morgan fingerprint density at radius 2 is 2.14 bits per heavy atom. The van der Waals surface area contributed by atoms with Crippen LogP contribution < -0.4 is 5.32 Å². The van der Waals surface area contributed by atoms with Gasteiger partial charge in [-0.2, -0.15) is 0 Å². The SMILES string of the molecule is CC(C)N1CCc2nc3ccccc3c(C(=O)OCC(=O)Nc3nccs3)c2C1. The molecule has 0 bridgehead atoms. The maximum absolute atomic E-state index is 13.1. The van der Waals surface area contributed by atoms with Gasteiger partial charge in [-0.05, 0) is 19.9 Å². The second-order valence-electron chi connectivity index (χ2n) is 7.20. The third kappa shape index (κ3) is 4.13. The lowest BCUT2D eigenvalue weighted by molar-refractivity contribution is -0.119. The smallest absolute Gasteiger partial charge is 0.339 e. The highest BCUT2D eigenvalue weighted by atomic mass is 32.1. The van der Waals surface area contributed by atoms with Crippen LogP contribution in [0, 0.1) is 0 Å². The summed E-state index contributed by atoms with van der Waals surface area (Å²) in [5.74, 6) is -0.913. The quantitative estimate of drug-likeness (QED) is 0.650. The molecule has 0 atom stereocenters. The molecule has 8 heteroatoms. The first-order chi connectivity index (χ1) is 14.0. The highest BCUT2D eigenvalue weighted by Gasteiger charge is 2.27. The summed E-state index contributed by atoms with van der Waals surface area (Å²) in [5, 5.41) is 5.61. The number of aromatic nitrogens is 2. The molecule has 4 rings (SSSR count). The van der Waals surface area contributed by atoms with Gasteiger partial charge in [0.1, 0.15) is 0 Å². The summed E-state index contributed by atoms with van der Waals surface area (Å²) in [6, 6.07) is 7.93. The van der Waals surface area contributed by atoms with Gasteiger partial charge in [0.05, 0.1) is 11.1 Å². The normalized spacial score (nSPS) is 14.0. The molecule has 3 heterocycles. The Kier molecular flexibility index (Phi) is 5.55. The van der Waals surface area contributed by atoms with Crippen LogP contribution >= 0.6 is 11.3 Å². The molecule has 1 aliphatic rings. The van der Waals surface area contributed by atoms with Gasteiger partial charge in [0, 0.05) is 53.8 Å². The van der Waals surface area contributed by atoms with Crippen LogP contribution in [0.3, 0.4) is 0 Å². The van der Waals surface area contributed by atoms with E-state index in [1.54, 1.807) is 11.6 Å². The van der Waals surface area contributed by atoms with E-state index in [1.165, 1.54) is 11.3 Å². The molecule has 0 saturated heterocycles. The zero-order chi connectivity index (χ0) is 20.4. The third-order valence-electron chi connectivity index (χ3n) is 5.02. The molecule has 2 aromatic heterocycles. The van der Waals surface area contributed by atoms with E-state index in [0.717, 1.165) is 35.1 Å². The molecule has 1 N–H and O–H groups in total. The molecule has 1 aliphatic heterocycles. The van der Waals surface area contributed by atoms with Gasteiger partial charge in [-0.25, -0.2) is 9.78 Å². The van der Waals surface area contributed by atoms with Crippen molar-refractivity contribution < 1.29 is 14.3 Å². The molecular weight excluding hydrogens is 388 g/mol. The number of amides is 1. The van der Waals surface area contributed by atoms with Gasteiger partial charge in [-0.15, -0.1) is 11.3 Å². The largest absolute Gasteiger partial charge is 0.452 e. The van der Waals surface area contributed by atoms with E-state index in [1.807, 2.05) is 24.3 Å². The fourth-order valence-corrected chi connectivity index (χ4v) is 4.07. The average Bonchev–Trinajstić information content (AvgIpc) is 3.22. The molecule has 0 radical (unpaired) electrons. The van der Waals surface area contributed by atoms with Crippen LogP contribution in [-0.4, -0.2) is 45.9 Å². The van der Waals surface area contributed by atoms with Gasteiger partial charge in [0.25, 0.3) is 5.91 Å². The highest BCUT2D eigenvalue weighted by Crippen LogP contribution is 2.29. The van der Waals surface area contributed by atoms with E-state index in [4.69, 9.17) is 9.72 Å². The second-order valence-corrected chi connectivity index (χ2v) is 8.10. The first kappa shape index (κ1) is 19.5. The fraction of sp³-hybridized carbons (Fsp3) is 0.333. The number of ether oxygens (including phenoxy) is 1. The minimum absolute atomic E-state index is 0.363. The van der Waals surface area contributed by atoms with Crippen LogP contribution in [0.25, 0.3) is 10.9 Å². The van der Waals surface area contributed by atoms with Gasteiger partial charge < -0.3 is 4.74 Å². The van der Waals surface area contributed by atoms with E-state index in [-0.39, 0.29) is 6.61 Å². The monoisotopic (exact) mass is 410 g/mol. The van der Waals surface area contributed by atoms with Crippen molar-refractivity contribution in [3.8, 4) is 0 Å². The Labute approximate surface area is 172 Å². The topological polar surface area (TPSA) is 84.4 Å². The molecule has 0 fully saturated rings. The maximum atomic E-state index is 13.1. The first-order valence-electron chi connectivity index (χ1n) is 9.54. The van der Waals surface area contributed by atoms with E-state index in [9.17, 15) is 9.59 Å². The summed E-state index contributed by atoms with van der Waals surface area (Å²) in [5.41, 5.74) is 3.11. The Hall–Kier alpha value is -2.84.